The van der Waals surface area contributed by atoms with Crippen molar-refractivity contribution >= 4 is 0 Å². The molecule has 1 aromatic rings. The molecule has 0 aliphatic heterocycles. The molecule has 1 radical (unpaired) electrons. The van der Waals surface area contributed by atoms with Crippen LogP contribution in [0.5, 0.6) is 0 Å². The highest BCUT2D eigenvalue weighted by Crippen LogP contribution is 1.95. The quantitative estimate of drug-likeness (QED) is 0.580. The Hall–Kier alpha value is -1.11. The molecular weight excluding hydrogens is 112 g/mol. The first-order chi connectivity index (χ1) is 4.43. The third kappa shape index (κ3) is 1.68. The molecule has 0 aromatic carbocycles. The van der Waals surface area contributed by atoms with Crippen LogP contribution in [-0.2, 0) is 0 Å². The first kappa shape index (κ1) is 6.02. The molecule has 0 atom stereocenters. The highest BCUT2D eigenvalue weighted by atomic mass is 15.2. The lowest BCUT2D eigenvalue weighted by atomic mass is 10.5. The predicted molar refractivity (Wildman–Crippen MR) is 37.8 cm³/mol. The molecule has 1 nitrogen and oxygen atoms in total. The van der Waals surface area contributed by atoms with E-state index in [1.165, 1.54) is 0 Å². The van der Waals surface area contributed by atoms with E-state index in [1.54, 1.807) is 12.3 Å². The van der Waals surface area contributed by atoms with Crippen LogP contribution in [0.1, 0.15) is 5.69 Å². The number of allylic oxidation sites excluding steroid dienone is 1. The molecule has 0 aliphatic rings. The molecule has 0 amide bonds. The molecule has 1 heterocycles. The van der Waals surface area contributed by atoms with Crippen LogP contribution in [-0.4, -0.2) is 4.98 Å². The van der Waals surface area contributed by atoms with E-state index >= 15 is 0 Å². The van der Waals surface area contributed by atoms with Crippen LogP contribution in [0.15, 0.2) is 37.1 Å². The van der Waals surface area contributed by atoms with Crippen molar-refractivity contribution in [3.05, 3.63) is 49.2 Å². The fourth-order valence-electron chi connectivity index (χ4n) is 0.595. The summed E-state index contributed by atoms with van der Waals surface area (Å²) in [4.78, 5) is 4.04. The molecule has 0 saturated carbocycles. The zero-order chi connectivity index (χ0) is 6.53. The van der Waals surface area contributed by atoms with E-state index in [0.717, 1.165) is 5.69 Å². The molecule has 0 N–H and O–H groups in total. The van der Waals surface area contributed by atoms with E-state index in [1.807, 2.05) is 24.6 Å². The van der Waals surface area contributed by atoms with Gasteiger partial charge in [0.15, 0.2) is 0 Å². The Morgan fingerprint density at radius 3 is 2.89 bits per heavy atom. The number of rotatable bonds is 2. The van der Waals surface area contributed by atoms with Gasteiger partial charge in [-0.3, -0.25) is 4.98 Å². The maximum absolute atomic E-state index is 4.04. The van der Waals surface area contributed by atoms with Gasteiger partial charge < -0.3 is 0 Å². The highest BCUT2D eigenvalue weighted by molar-refractivity contribution is 5.18. The summed E-state index contributed by atoms with van der Waals surface area (Å²) in [7, 11) is 0. The van der Waals surface area contributed by atoms with E-state index < -0.39 is 0 Å². The van der Waals surface area contributed by atoms with Crippen molar-refractivity contribution in [2.45, 2.75) is 0 Å². The molecule has 0 saturated heterocycles. The predicted octanol–water partition coefficient (Wildman–Crippen LogP) is 1.82. The van der Waals surface area contributed by atoms with Crippen molar-refractivity contribution in [1.82, 2.24) is 4.98 Å². The maximum atomic E-state index is 4.04. The van der Waals surface area contributed by atoms with Crippen molar-refractivity contribution in [2.24, 2.45) is 0 Å². The molecule has 45 valence electrons. The second-order valence-electron chi connectivity index (χ2n) is 1.66. The van der Waals surface area contributed by atoms with Gasteiger partial charge in [-0.25, -0.2) is 0 Å². The third-order valence-corrected chi connectivity index (χ3v) is 0.976. The fourth-order valence-corrected chi connectivity index (χ4v) is 0.595. The summed E-state index contributed by atoms with van der Waals surface area (Å²) in [5.74, 6) is 0. The number of pyridine rings is 1. The van der Waals surface area contributed by atoms with Crippen molar-refractivity contribution in [3.8, 4) is 0 Å². The SMILES string of the molecule is C=C[CH][14c]1ccccn1. The number of hydrogen-bond acceptors (Lipinski definition) is 1. The largest absolute Gasteiger partial charge is 0.261 e. The maximum Gasteiger partial charge on any atom is 0.0481 e. The van der Waals surface area contributed by atoms with Gasteiger partial charge in [-0.15, -0.1) is 6.58 Å². The molecule has 1 heteroatoms. The van der Waals surface area contributed by atoms with Crippen LogP contribution in [0, 0.1) is 6.42 Å². The van der Waals surface area contributed by atoms with Crippen molar-refractivity contribution in [2.75, 3.05) is 0 Å². The summed E-state index contributed by atoms with van der Waals surface area (Å²) in [6.07, 6.45) is 5.34. The second kappa shape index (κ2) is 3.02. The average molecular weight is 120 g/mol. The van der Waals surface area contributed by atoms with Gasteiger partial charge in [0.1, 0.15) is 0 Å². The summed E-state index contributed by atoms with van der Waals surface area (Å²) >= 11 is 0. The summed E-state index contributed by atoms with van der Waals surface area (Å²) in [5.41, 5.74) is 0.951. The van der Waals surface area contributed by atoms with Gasteiger partial charge >= 0.3 is 0 Å². The van der Waals surface area contributed by atoms with Crippen molar-refractivity contribution < 1.29 is 0 Å². The summed E-state index contributed by atoms with van der Waals surface area (Å²) in [6, 6.07) is 5.77. The standard InChI is InChI=1S/C8H8N/c1-2-5-8-6-3-4-7-9-8/h2-7H,1H2/i8+2. The van der Waals surface area contributed by atoms with Crippen LogP contribution >= 0.6 is 0 Å². The van der Waals surface area contributed by atoms with Gasteiger partial charge in [0.2, 0.25) is 0 Å². The topological polar surface area (TPSA) is 12.9 Å². The Balaban J connectivity index is 2.72. The normalized spacial score (nSPS) is 8.89. The summed E-state index contributed by atoms with van der Waals surface area (Å²) < 4.78 is 0. The Morgan fingerprint density at radius 2 is 2.33 bits per heavy atom. The molecule has 0 bridgehead atoms. The van der Waals surface area contributed by atoms with Gasteiger partial charge in [0.05, 0.1) is 0 Å². The molecule has 0 unspecified atom stereocenters. The third-order valence-electron chi connectivity index (χ3n) is 0.976. The number of nitrogens with zero attached hydrogens (tertiary/aromatic N) is 1. The van der Waals surface area contributed by atoms with E-state index in [-0.39, 0.29) is 0 Å². The molecular formula is C8H8N. The molecule has 0 fully saturated rings. The Kier molecular flexibility index (Phi) is 2.02. The van der Waals surface area contributed by atoms with Gasteiger partial charge in [0, 0.05) is 18.3 Å². The molecule has 0 aliphatic carbocycles. The Labute approximate surface area is 55.1 Å². The minimum Gasteiger partial charge on any atom is -0.261 e. The average Bonchev–Trinajstić information content (AvgIpc) is 1.91. The molecule has 0 spiro atoms. The monoisotopic (exact) mass is 120 g/mol. The van der Waals surface area contributed by atoms with Gasteiger partial charge in [-0.1, -0.05) is 12.1 Å². The Morgan fingerprint density at radius 1 is 1.44 bits per heavy atom. The smallest absolute Gasteiger partial charge is 0.0481 e. The van der Waals surface area contributed by atoms with Crippen LogP contribution in [0.25, 0.3) is 0 Å². The Bertz CT molecular complexity index is 179. The lowest BCUT2D eigenvalue weighted by molar-refractivity contribution is 1.24. The van der Waals surface area contributed by atoms with Crippen molar-refractivity contribution in [1.29, 1.82) is 0 Å². The lowest BCUT2D eigenvalue weighted by Crippen LogP contribution is -1.80. The van der Waals surface area contributed by atoms with Gasteiger partial charge in [0.25, 0.3) is 0 Å². The fraction of sp³-hybridized carbons (Fsp3) is 0. The van der Waals surface area contributed by atoms with Crippen LogP contribution in [0.2, 0.25) is 0 Å². The van der Waals surface area contributed by atoms with Crippen molar-refractivity contribution in [3.63, 3.8) is 0 Å². The molecule has 1 rings (SSSR count). The van der Waals surface area contributed by atoms with Gasteiger partial charge in [-0.05, 0) is 12.1 Å². The first-order valence-corrected chi connectivity index (χ1v) is 2.80. The zero-order valence-electron chi connectivity index (χ0n) is 5.12. The minimum atomic E-state index is 0.951. The minimum absolute atomic E-state index is 0.951. The van der Waals surface area contributed by atoms with E-state index in [4.69, 9.17) is 0 Å². The van der Waals surface area contributed by atoms with Crippen LogP contribution < -0.4 is 0 Å². The van der Waals surface area contributed by atoms with E-state index in [2.05, 4.69) is 11.6 Å². The van der Waals surface area contributed by atoms with E-state index in [9.17, 15) is 0 Å². The molecule has 9 heavy (non-hydrogen) atoms. The second-order valence-corrected chi connectivity index (χ2v) is 1.66. The molecule has 1 aromatic heterocycles. The number of aromatic nitrogens is 1. The van der Waals surface area contributed by atoms with Crippen LogP contribution in [0.4, 0.5) is 0 Å². The van der Waals surface area contributed by atoms with Crippen LogP contribution in [0.3, 0.4) is 0 Å². The summed E-state index contributed by atoms with van der Waals surface area (Å²) in [6.45, 7) is 3.56. The highest BCUT2D eigenvalue weighted by Gasteiger charge is 1.84. The van der Waals surface area contributed by atoms with Gasteiger partial charge in [-0.2, -0.15) is 0 Å². The lowest BCUT2D eigenvalue weighted by Gasteiger charge is -1.89. The van der Waals surface area contributed by atoms with E-state index in [0.29, 0.717) is 0 Å². The first-order valence-electron chi connectivity index (χ1n) is 2.80. The summed E-state index contributed by atoms with van der Waals surface area (Å²) in [5, 5.41) is 0. The number of hydrogen-bond donors (Lipinski definition) is 0. The zero-order valence-corrected chi connectivity index (χ0v) is 5.12.